The van der Waals surface area contributed by atoms with Gasteiger partial charge in [0.1, 0.15) is 6.61 Å². The Bertz CT molecular complexity index is 124. The number of hydrogen-bond donors (Lipinski definition) is 0. The lowest BCUT2D eigenvalue weighted by Crippen LogP contribution is -2.02. The Morgan fingerprint density at radius 2 is 1.69 bits per heavy atom. The van der Waals surface area contributed by atoms with Crippen LogP contribution in [0.3, 0.4) is 0 Å². The molecule has 0 bridgehead atoms. The van der Waals surface area contributed by atoms with E-state index in [1.165, 1.54) is 0 Å². The van der Waals surface area contributed by atoms with Crippen molar-refractivity contribution in [3.05, 3.63) is 4.91 Å². The molecule has 0 amide bonds. The van der Waals surface area contributed by atoms with Gasteiger partial charge in [-0.1, -0.05) is 13.8 Å². The van der Waals surface area contributed by atoms with E-state index in [4.69, 9.17) is 0 Å². The van der Waals surface area contributed by atoms with Crippen LogP contribution in [-0.4, -0.2) is 13.9 Å². The Labute approximate surface area is 73.5 Å². The highest BCUT2D eigenvalue weighted by atomic mass is 19.5. The number of hydrogen-bond acceptors (Lipinski definition) is 3. The van der Waals surface area contributed by atoms with Crippen molar-refractivity contribution in [1.29, 1.82) is 0 Å². The van der Waals surface area contributed by atoms with E-state index in [0.29, 0.717) is 12.5 Å². The molecule has 0 N–H and O–H groups in total. The Balaban J connectivity index is 0. The molecule has 0 aromatic heterocycles. The van der Waals surface area contributed by atoms with Gasteiger partial charge in [0.15, 0.2) is 5.34 Å². The molecule has 0 atom stereocenters. The quantitative estimate of drug-likeness (QED) is 0.232. The zero-order valence-corrected chi connectivity index (χ0v) is 7.34. The van der Waals surface area contributed by atoms with Crippen LogP contribution in [-0.2, 0) is 4.84 Å². The van der Waals surface area contributed by atoms with Gasteiger partial charge >= 0.3 is 7.25 Å². The molecule has 8 heteroatoms. The highest BCUT2D eigenvalue weighted by molar-refractivity contribution is 6.50. The van der Waals surface area contributed by atoms with Crippen molar-refractivity contribution in [2.45, 2.75) is 20.3 Å². The second-order valence-corrected chi connectivity index (χ2v) is 2.59. The molecule has 0 fully saturated rings. The van der Waals surface area contributed by atoms with Crippen LogP contribution in [0.1, 0.15) is 20.3 Å². The minimum Gasteiger partial charge on any atom is -0.418 e. The lowest BCUT2D eigenvalue weighted by molar-refractivity contribution is 0.128. The zero-order chi connectivity index (χ0) is 10.9. The molecule has 0 spiro atoms. The molecule has 0 saturated heterocycles. The lowest BCUT2D eigenvalue weighted by atomic mass is 10.1. The molecule has 0 aromatic carbocycles. The topological polar surface area (TPSA) is 38.7 Å². The second kappa shape index (κ2) is 7.81. The summed E-state index contributed by atoms with van der Waals surface area (Å²) >= 11 is 0. The Morgan fingerprint density at radius 3 is 1.92 bits per heavy atom. The average molecular weight is 204 g/mol. The molecule has 0 radical (unpaired) electrons. The number of rotatable bonds is 4. The fourth-order valence-corrected chi connectivity index (χ4v) is 0.326. The van der Waals surface area contributed by atoms with E-state index in [9.17, 15) is 22.2 Å². The van der Waals surface area contributed by atoms with Gasteiger partial charge in [-0.05, 0) is 12.3 Å². The van der Waals surface area contributed by atoms with Crippen molar-refractivity contribution in [1.82, 2.24) is 0 Å². The monoisotopic (exact) mass is 204 g/mol. The summed E-state index contributed by atoms with van der Waals surface area (Å²) < 4.78 is 39.0. The maximum atomic E-state index is 9.75. The van der Waals surface area contributed by atoms with E-state index in [-0.39, 0.29) is 0 Å². The van der Waals surface area contributed by atoms with Crippen LogP contribution < -0.4 is 0 Å². The van der Waals surface area contributed by atoms with E-state index in [2.05, 4.69) is 24.0 Å². The fraction of sp³-hybridized carbons (Fsp3) is 1.00. The summed E-state index contributed by atoms with van der Waals surface area (Å²) in [5.74, 6) is 0.580. The van der Waals surface area contributed by atoms with Crippen LogP contribution in [0.15, 0.2) is 5.34 Å². The largest absolute Gasteiger partial charge is 0.673 e. The van der Waals surface area contributed by atoms with Gasteiger partial charge in [-0.15, -0.1) is 4.91 Å². The average Bonchev–Trinajstić information content (AvgIpc) is 1.83. The predicted octanol–water partition coefficient (Wildman–Crippen LogP) is 3.03. The molecule has 3 nitrogen and oxygen atoms in total. The molecule has 80 valence electrons. The Hall–Kier alpha value is -0.815. The van der Waals surface area contributed by atoms with Crippen molar-refractivity contribution >= 4 is 7.25 Å². The standard InChI is InChI=1S/C5H11NO2.BF4/c1-5(2)3-4-8-6-7;2-1(3,4)5/h5H,3-4H2,1-2H3;/q;-1. The highest BCUT2D eigenvalue weighted by Crippen LogP contribution is 2.06. The molecule has 0 saturated carbocycles. The number of nitrogens with zero attached hydrogens (tertiary/aromatic N) is 1. The summed E-state index contributed by atoms with van der Waals surface area (Å²) in [4.78, 5) is 13.5. The van der Waals surface area contributed by atoms with Crippen LogP contribution in [0.2, 0.25) is 0 Å². The minimum absolute atomic E-state index is 0.446. The van der Waals surface area contributed by atoms with Gasteiger partial charge in [0, 0.05) is 0 Å². The van der Waals surface area contributed by atoms with Crippen molar-refractivity contribution in [3.8, 4) is 0 Å². The first-order valence-electron chi connectivity index (χ1n) is 3.59. The third-order valence-corrected chi connectivity index (χ3v) is 0.839. The minimum atomic E-state index is -6.00. The van der Waals surface area contributed by atoms with E-state index in [1.807, 2.05) is 0 Å². The first kappa shape index (κ1) is 14.7. The predicted molar refractivity (Wildman–Crippen MR) is 41.4 cm³/mol. The summed E-state index contributed by atoms with van der Waals surface area (Å²) in [5, 5.41) is 2.26. The van der Waals surface area contributed by atoms with E-state index in [1.54, 1.807) is 0 Å². The van der Waals surface area contributed by atoms with Gasteiger partial charge in [0.05, 0.1) is 0 Å². The molecule has 0 rings (SSSR count). The molecule has 0 unspecified atom stereocenters. The zero-order valence-electron chi connectivity index (χ0n) is 7.34. The first-order chi connectivity index (χ1) is 5.77. The van der Waals surface area contributed by atoms with Crippen molar-refractivity contribution in [2.75, 3.05) is 6.61 Å². The van der Waals surface area contributed by atoms with Gasteiger partial charge in [0.25, 0.3) is 0 Å². The second-order valence-electron chi connectivity index (χ2n) is 2.59. The Kier molecular flexibility index (Phi) is 8.83. The summed E-state index contributed by atoms with van der Waals surface area (Å²) in [6.45, 7) is 4.57. The van der Waals surface area contributed by atoms with Gasteiger partial charge < -0.3 is 22.1 Å². The maximum Gasteiger partial charge on any atom is 0.673 e. The van der Waals surface area contributed by atoms with Crippen molar-refractivity contribution in [2.24, 2.45) is 11.3 Å². The van der Waals surface area contributed by atoms with E-state index in [0.717, 1.165) is 6.42 Å². The summed E-state index contributed by atoms with van der Waals surface area (Å²) in [6, 6.07) is 0. The molecular formula is C5H11BF4NO2-. The number of halogens is 4. The summed E-state index contributed by atoms with van der Waals surface area (Å²) in [7, 11) is -6.00. The SMILES string of the molecule is CC(C)CCON=O.F[B-](F)(F)F. The highest BCUT2D eigenvalue weighted by Gasteiger charge is 2.20. The third kappa shape index (κ3) is 53.9. The first-order valence-corrected chi connectivity index (χ1v) is 3.59. The lowest BCUT2D eigenvalue weighted by Gasteiger charge is -1.98. The molecule has 0 aromatic rings. The maximum absolute atomic E-state index is 9.75. The smallest absolute Gasteiger partial charge is 0.418 e. The molecule has 13 heavy (non-hydrogen) atoms. The van der Waals surface area contributed by atoms with Gasteiger partial charge in [-0.2, -0.15) is 0 Å². The molecule has 0 aliphatic carbocycles. The van der Waals surface area contributed by atoms with Crippen LogP contribution >= 0.6 is 0 Å². The van der Waals surface area contributed by atoms with E-state index < -0.39 is 7.25 Å². The van der Waals surface area contributed by atoms with Crippen LogP contribution in [0, 0.1) is 10.8 Å². The van der Waals surface area contributed by atoms with Crippen LogP contribution in [0.4, 0.5) is 17.3 Å². The van der Waals surface area contributed by atoms with Crippen LogP contribution in [0.25, 0.3) is 0 Å². The molecule has 0 heterocycles. The molecule has 0 aliphatic heterocycles. The van der Waals surface area contributed by atoms with Gasteiger partial charge in [-0.25, -0.2) is 0 Å². The molecule has 0 aliphatic rings. The van der Waals surface area contributed by atoms with Crippen molar-refractivity contribution in [3.63, 3.8) is 0 Å². The van der Waals surface area contributed by atoms with Crippen molar-refractivity contribution < 1.29 is 22.1 Å². The van der Waals surface area contributed by atoms with Gasteiger partial charge in [0.2, 0.25) is 0 Å². The fourth-order valence-electron chi connectivity index (χ4n) is 0.326. The van der Waals surface area contributed by atoms with Gasteiger partial charge in [-0.3, -0.25) is 0 Å². The van der Waals surface area contributed by atoms with E-state index >= 15 is 0 Å². The Morgan fingerprint density at radius 1 is 1.31 bits per heavy atom. The summed E-state index contributed by atoms with van der Waals surface area (Å²) in [6.07, 6.45) is 0.895. The normalized spacial score (nSPS) is 10.4. The van der Waals surface area contributed by atoms with Crippen LogP contribution in [0.5, 0.6) is 0 Å². The third-order valence-electron chi connectivity index (χ3n) is 0.839. The summed E-state index contributed by atoms with van der Waals surface area (Å²) in [5.41, 5.74) is 0. The molecular weight excluding hydrogens is 193 g/mol.